The largest absolute Gasteiger partial charge is 0.348 e. The quantitative estimate of drug-likeness (QED) is 0.651. The molecule has 4 rings (SSSR count). The van der Waals surface area contributed by atoms with E-state index in [1.54, 1.807) is 16.8 Å². The van der Waals surface area contributed by atoms with Gasteiger partial charge in [-0.05, 0) is 36.2 Å². The van der Waals surface area contributed by atoms with Gasteiger partial charge in [0.15, 0.2) is 0 Å². The van der Waals surface area contributed by atoms with Gasteiger partial charge in [-0.25, -0.2) is 9.07 Å². The van der Waals surface area contributed by atoms with Crippen molar-refractivity contribution in [3.8, 4) is 0 Å². The van der Waals surface area contributed by atoms with E-state index in [-0.39, 0.29) is 17.9 Å². The molecule has 3 aromatic rings. The third-order valence-corrected chi connectivity index (χ3v) is 5.04. The minimum Gasteiger partial charge on any atom is -0.348 e. The highest BCUT2D eigenvalue weighted by molar-refractivity contribution is 9.10. The van der Waals surface area contributed by atoms with Crippen molar-refractivity contribution in [1.29, 1.82) is 0 Å². The van der Waals surface area contributed by atoms with Gasteiger partial charge in [-0.2, -0.15) is 10.1 Å². The number of fused-ring (bicyclic) bond motifs is 1. The van der Waals surface area contributed by atoms with Gasteiger partial charge < -0.3 is 5.32 Å². The number of aromatic nitrogens is 3. The number of benzene rings is 2. The lowest BCUT2D eigenvalue weighted by molar-refractivity contribution is 0.416. The molecule has 0 fully saturated rings. The van der Waals surface area contributed by atoms with Crippen molar-refractivity contribution in [3.63, 3.8) is 0 Å². The summed E-state index contributed by atoms with van der Waals surface area (Å²) in [5.41, 5.74) is 1.54. The zero-order chi connectivity index (χ0) is 16.7. The summed E-state index contributed by atoms with van der Waals surface area (Å²) >= 11 is 9.78. The standard InChI is InChI=1S/C17H13BrClFN4/c18-11-4-1-3-10(7-11)14-8-15(24-17(23-14)21-9-22-24)16-12(19)5-2-6-13(16)20/h1-7,9,14-15H,8H2,(H,21,22,23). The number of halogens is 3. The van der Waals surface area contributed by atoms with Crippen LogP contribution >= 0.6 is 27.5 Å². The molecule has 2 unspecified atom stereocenters. The van der Waals surface area contributed by atoms with Crippen LogP contribution in [0.25, 0.3) is 0 Å². The first-order chi connectivity index (χ1) is 11.6. The lowest BCUT2D eigenvalue weighted by Gasteiger charge is -2.32. The molecule has 7 heteroatoms. The predicted molar refractivity (Wildman–Crippen MR) is 94.7 cm³/mol. The van der Waals surface area contributed by atoms with Crippen LogP contribution in [0.1, 0.15) is 29.6 Å². The van der Waals surface area contributed by atoms with Crippen LogP contribution in [0.2, 0.25) is 5.02 Å². The van der Waals surface area contributed by atoms with Crippen LogP contribution in [-0.4, -0.2) is 14.8 Å². The van der Waals surface area contributed by atoms with E-state index in [0.29, 0.717) is 23.0 Å². The number of nitrogens with zero attached hydrogens (tertiary/aromatic N) is 3. The Bertz CT molecular complexity index is 878. The van der Waals surface area contributed by atoms with E-state index in [0.717, 1.165) is 10.0 Å². The Balaban J connectivity index is 1.80. The Morgan fingerprint density at radius 1 is 1.25 bits per heavy atom. The monoisotopic (exact) mass is 406 g/mol. The van der Waals surface area contributed by atoms with Gasteiger partial charge in [0.2, 0.25) is 5.95 Å². The topological polar surface area (TPSA) is 42.7 Å². The second-order valence-electron chi connectivity index (χ2n) is 5.67. The molecule has 122 valence electrons. The molecule has 0 spiro atoms. The maximum Gasteiger partial charge on any atom is 0.222 e. The fraction of sp³-hybridized carbons (Fsp3) is 0.176. The molecule has 2 heterocycles. The Morgan fingerprint density at radius 2 is 2.08 bits per heavy atom. The summed E-state index contributed by atoms with van der Waals surface area (Å²) in [6, 6.07) is 12.4. The Kier molecular flexibility index (Phi) is 4.02. The van der Waals surface area contributed by atoms with Crippen molar-refractivity contribution >= 4 is 33.5 Å². The second-order valence-corrected chi connectivity index (χ2v) is 6.99. The minimum atomic E-state index is -0.330. The van der Waals surface area contributed by atoms with Gasteiger partial charge in [-0.3, -0.25) is 0 Å². The normalized spacial score (nSPS) is 19.6. The summed E-state index contributed by atoms with van der Waals surface area (Å²) in [4.78, 5) is 4.25. The van der Waals surface area contributed by atoms with E-state index in [9.17, 15) is 4.39 Å². The van der Waals surface area contributed by atoms with E-state index < -0.39 is 0 Å². The number of hydrogen-bond donors (Lipinski definition) is 1. The van der Waals surface area contributed by atoms with E-state index >= 15 is 0 Å². The third-order valence-electron chi connectivity index (χ3n) is 4.21. The van der Waals surface area contributed by atoms with Crippen LogP contribution in [0.4, 0.5) is 10.3 Å². The van der Waals surface area contributed by atoms with Gasteiger partial charge in [0.05, 0.1) is 12.1 Å². The first kappa shape index (κ1) is 15.6. The minimum absolute atomic E-state index is 0.0140. The van der Waals surface area contributed by atoms with Gasteiger partial charge in [-0.15, -0.1) is 0 Å². The zero-order valence-corrected chi connectivity index (χ0v) is 14.8. The predicted octanol–water partition coefficient (Wildman–Crippen LogP) is 4.98. The first-order valence-corrected chi connectivity index (χ1v) is 8.66. The van der Waals surface area contributed by atoms with E-state index in [2.05, 4.69) is 31.3 Å². The molecule has 1 aliphatic heterocycles. The molecule has 1 N–H and O–H groups in total. The van der Waals surface area contributed by atoms with Crippen molar-refractivity contribution in [2.75, 3.05) is 5.32 Å². The summed E-state index contributed by atoms with van der Waals surface area (Å²) in [6.45, 7) is 0. The first-order valence-electron chi connectivity index (χ1n) is 7.49. The van der Waals surface area contributed by atoms with Gasteiger partial charge in [0.1, 0.15) is 12.1 Å². The van der Waals surface area contributed by atoms with E-state index in [1.807, 2.05) is 24.3 Å². The van der Waals surface area contributed by atoms with Gasteiger partial charge >= 0.3 is 0 Å². The molecule has 2 aromatic carbocycles. The number of nitrogens with one attached hydrogen (secondary N) is 1. The molecular weight excluding hydrogens is 395 g/mol. The molecule has 1 aliphatic rings. The third kappa shape index (κ3) is 2.70. The van der Waals surface area contributed by atoms with Gasteiger partial charge in [0.25, 0.3) is 0 Å². The van der Waals surface area contributed by atoms with Crippen molar-refractivity contribution in [3.05, 3.63) is 75.2 Å². The molecule has 0 bridgehead atoms. The molecule has 2 atom stereocenters. The van der Waals surface area contributed by atoms with Crippen molar-refractivity contribution in [1.82, 2.24) is 14.8 Å². The van der Waals surface area contributed by atoms with E-state index in [4.69, 9.17) is 11.6 Å². The molecular formula is C17H13BrClFN4. The molecule has 4 nitrogen and oxygen atoms in total. The number of hydrogen-bond acceptors (Lipinski definition) is 3. The van der Waals surface area contributed by atoms with E-state index in [1.165, 1.54) is 12.4 Å². The van der Waals surface area contributed by atoms with Crippen LogP contribution < -0.4 is 5.32 Å². The van der Waals surface area contributed by atoms with Crippen LogP contribution in [0.15, 0.2) is 53.3 Å². The SMILES string of the molecule is Fc1cccc(Cl)c1C1CC(c2cccc(Br)c2)Nc2ncnn21. The molecule has 0 amide bonds. The van der Waals surface area contributed by atoms with Crippen LogP contribution in [-0.2, 0) is 0 Å². The second kappa shape index (κ2) is 6.18. The van der Waals surface area contributed by atoms with Crippen LogP contribution in [0.5, 0.6) is 0 Å². The van der Waals surface area contributed by atoms with Crippen LogP contribution in [0, 0.1) is 5.82 Å². The van der Waals surface area contributed by atoms with Crippen molar-refractivity contribution in [2.45, 2.75) is 18.5 Å². The van der Waals surface area contributed by atoms with Gasteiger partial charge in [-0.1, -0.05) is 45.7 Å². The number of anilines is 1. The Morgan fingerprint density at radius 3 is 2.88 bits per heavy atom. The summed E-state index contributed by atoms with van der Waals surface area (Å²) in [6.07, 6.45) is 2.08. The van der Waals surface area contributed by atoms with Crippen molar-refractivity contribution in [2.24, 2.45) is 0 Å². The molecule has 24 heavy (non-hydrogen) atoms. The summed E-state index contributed by atoms with van der Waals surface area (Å²) in [7, 11) is 0. The fourth-order valence-corrected chi connectivity index (χ4v) is 3.84. The smallest absolute Gasteiger partial charge is 0.222 e. The summed E-state index contributed by atoms with van der Waals surface area (Å²) < 4.78 is 17.1. The Hall–Kier alpha value is -1.92. The average molecular weight is 408 g/mol. The summed E-state index contributed by atoms with van der Waals surface area (Å²) in [5, 5.41) is 8.01. The lowest BCUT2D eigenvalue weighted by Crippen LogP contribution is -2.28. The average Bonchev–Trinajstić information content (AvgIpc) is 3.03. The molecule has 1 aromatic heterocycles. The molecule has 0 radical (unpaired) electrons. The van der Waals surface area contributed by atoms with Gasteiger partial charge in [0, 0.05) is 15.1 Å². The maximum absolute atomic E-state index is 14.5. The Labute approximate surface area is 151 Å². The fourth-order valence-electron chi connectivity index (χ4n) is 3.13. The molecule has 0 saturated carbocycles. The van der Waals surface area contributed by atoms with Crippen molar-refractivity contribution < 1.29 is 4.39 Å². The summed E-state index contributed by atoms with van der Waals surface area (Å²) in [5.74, 6) is 0.277. The molecule has 0 saturated heterocycles. The maximum atomic E-state index is 14.5. The lowest BCUT2D eigenvalue weighted by atomic mass is 9.93. The highest BCUT2D eigenvalue weighted by Gasteiger charge is 2.32. The highest BCUT2D eigenvalue weighted by Crippen LogP contribution is 2.40. The van der Waals surface area contributed by atoms with Crippen LogP contribution in [0.3, 0.4) is 0 Å². The zero-order valence-electron chi connectivity index (χ0n) is 12.5. The molecule has 0 aliphatic carbocycles. The highest BCUT2D eigenvalue weighted by atomic mass is 79.9. The number of rotatable bonds is 2.